The molecule has 4 heteroatoms. The van der Waals surface area contributed by atoms with Crippen LogP contribution in [-0.4, -0.2) is 16.6 Å². The van der Waals surface area contributed by atoms with Crippen LogP contribution in [0.3, 0.4) is 0 Å². The van der Waals surface area contributed by atoms with Crippen molar-refractivity contribution in [1.29, 1.82) is 0 Å². The number of hydrogen-bond acceptors (Lipinski definition) is 2. The molecule has 0 heterocycles. The number of aliphatic hydroxyl groups is 1. The maximum absolute atomic E-state index is 12.5. The van der Waals surface area contributed by atoms with Crippen molar-refractivity contribution in [1.82, 2.24) is 0 Å². The Bertz CT molecular complexity index is 601. The lowest BCUT2D eigenvalue weighted by atomic mass is 9.47. The molecule has 22 heavy (non-hydrogen) atoms. The Morgan fingerprint density at radius 2 is 2.00 bits per heavy atom. The topological polar surface area (TPSA) is 49.3 Å². The van der Waals surface area contributed by atoms with Gasteiger partial charge in [0.1, 0.15) is 0 Å². The van der Waals surface area contributed by atoms with Gasteiger partial charge in [-0.2, -0.15) is 0 Å². The monoisotopic (exact) mass is 319 g/mol. The van der Waals surface area contributed by atoms with Crippen molar-refractivity contribution in [2.24, 2.45) is 17.3 Å². The number of nitrogens with one attached hydrogen (secondary N) is 1. The van der Waals surface area contributed by atoms with Gasteiger partial charge in [0.25, 0.3) is 0 Å². The Balaban J connectivity index is 1.47. The van der Waals surface area contributed by atoms with Crippen molar-refractivity contribution in [3.05, 3.63) is 29.3 Å². The standard InChI is InChI=1S/C18H22ClNO2/c19-14-2-1-3-15(5-14)20-16(21)10-17-6-12-4-13(7-17)9-18(22,8-12)11-17/h1-3,5,12-13,22H,4,6-11H2,(H,20,21)/t12-,13+,17?,18?. The minimum Gasteiger partial charge on any atom is -0.390 e. The average Bonchev–Trinajstić information content (AvgIpc) is 2.34. The third-order valence-corrected chi connectivity index (χ3v) is 6.03. The highest BCUT2D eigenvalue weighted by Crippen LogP contribution is 2.62. The van der Waals surface area contributed by atoms with Crippen molar-refractivity contribution in [2.45, 2.75) is 50.5 Å². The number of rotatable bonds is 3. The van der Waals surface area contributed by atoms with Gasteiger partial charge in [0.15, 0.2) is 0 Å². The second-order valence-corrected chi connectivity index (χ2v) is 8.36. The maximum atomic E-state index is 12.5. The number of anilines is 1. The molecule has 0 aromatic heterocycles. The Hall–Kier alpha value is -1.06. The summed E-state index contributed by atoms with van der Waals surface area (Å²) in [7, 11) is 0. The van der Waals surface area contributed by atoms with Gasteiger partial charge >= 0.3 is 0 Å². The van der Waals surface area contributed by atoms with E-state index in [-0.39, 0.29) is 11.3 Å². The third-order valence-electron chi connectivity index (χ3n) is 5.80. The van der Waals surface area contributed by atoms with Gasteiger partial charge in [0.2, 0.25) is 5.91 Å². The second-order valence-electron chi connectivity index (χ2n) is 7.92. The van der Waals surface area contributed by atoms with Gasteiger partial charge in [0, 0.05) is 17.1 Å². The van der Waals surface area contributed by atoms with Gasteiger partial charge in [-0.1, -0.05) is 17.7 Å². The molecule has 4 aliphatic carbocycles. The average molecular weight is 320 g/mol. The van der Waals surface area contributed by atoms with Crippen LogP contribution >= 0.6 is 11.6 Å². The SMILES string of the molecule is O=C(CC12C[C@@H]3C[C@@H](CC(O)(C3)C1)C2)Nc1cccc(Cl)c1. The molecule has 118 valence electrons. The predicted molar refractivity (Wildman–Crippen MR) is 86.8 cm³/mol. The minimum absolute atomic E-state index is 0.0154. The molecule has 0 radical (unpaired) electrons. The molecule has 4 atom stereocenters. The van der Waals surface area contributed by atoms with Crippen LogP contribution in [0.4, 0.5) is 5.69 Å². The number of halogens is 1. The van der Waals surface area contributed by atoms with E-state index >= 15 is 0 Å². The van der Waals surface area contributed by atoms with E-state index < -0.39 is 5.60 Å². The van der Waals surface area contributed by atoms with Crippen LogP contribution in [0.2, 0.25) is 5.02 Å². The molecule has 4 saturated carbocycles. The fraction of sp³-hybridized carbons (Fsp3) is 0.611. The summed E-state index contributed by atoms with van der Waals surface area (Å²) in [6, 6.07) is 7.26. The van der Waals surface area contributed by atoms with Gasteiger partial charge in [-0.25, -0.2) is 0 Å². The summed E-state index contributed by atoms with van der Waals surface area (Å²) in [5.74, 6) is 1.28. The Morgan fingerprint density at radius 3 is 2.64 bits per heavy atom. The first-order valence-electron chi connectivity index (χ1n) is 8.22. The molecular weight excluding hydrogens is 298 g/mol. The Labute approximate surface area is 136 Å². The van der Waals surface area contributed by atoms with E-state index in [4.69, 9.17) is 11.6 Å². The van der Waals surface area contributed by atoms with Crippen LogP contribution in [0.25, 0.3) is 0 Å². The molecule has 0 spiro atoms. The molecule has 2 N–H and O–H groups in total. The molecule has 4 bridgehead atoms. The quantitative estimate of drug-likeness (QED) is 0.884. The van der Waals surface area contributed by atoms with E-state index in [0.717, 1.165) is 37.8 Å². The zero-order valence-electron chi connectivity index (χ0n) is 12.6. The molecule has 5 rings (SSSR count). The molecule has 4 fully saturated rings. The first-order valence-corrected chi connectivity index (χ1v) is 8.59. The molecule has 2 unspecified atom stereocenters. The van der Waals surface area contributed by atoms with Crippen molar-refractivity contribution >= 4 is 23.2 Å². The highest BCUT2D eigenvalue weighted by atomic mass is 35.5. The summed E-state index contributed by atoms with van der Waals surface area (Å²) < 4.78 is 0. The van der Waals surface area contributed by atoms with E-state index in [1.165, 1.54) is 6.42 Å². The normalized spacial score (nSPS) is 39.0. The molecular formula is C18H22ClNO2. The summed E-state index contributed by atoms with van der Waals surface area (Å²) >= 11 is 5.96. The molecule has 0 aliphatic heterocycles. The van der Waals surface area contributed by atoms with Crippen molar-refractivity contribution in [3.63, 3.8) is 0 Å². The van der Waals surface area contributed by atoms with E-state index in [1.807, 2.05) is 12.1 Å². The first kappa shape index (κ1) is 14.5. The fourth-order valence-corrected chi connectivity index (χ4v) is 5.91. The summed E-state index contributed by atoms with van der Waals surface area (Å²) in [4.78, 5) is 12.5. The van der Waals surface area contributed by atoms with E-state index in [1.54, 1.807) is 12.1 Å². The van der Waals surface area contributed by atoms with Gasteiger partial charge in [0.05, 0.1) is 5.60 Å². The van der Waals surface area contributed by atoms with E-state index in [2.05, 4.69) is 5.32 Å². The number of carbonyl (C=O) groups is 1. The summed E-state index contributed by atoms with van der Waals surface area (Å²) in [6.07, 6.45) is 6.68. The first-order chi connectivity index (χ1) is 10.4. The molecule has 1 amide bonds. The van der Waals surface area contributed by atoms with Crippen LogP contribution in [0.5, 0.6) is 0 Å². The number of hydrogen-bond donors (Lipinski definition) is 2. The Kier molecular flexibility index (Phi) is 3.28. The zero-order chi connectivity index (χ0) is 15.4. The molecule has 1 aromatic carbocycles. The summed E-state index contributed by atoms with van der Waals surface area (Å²) in [6.45, 7) is 0. The molecule has 1 aromatic rings. The summed E-state index contributed by atoms with van der Waals surface area (Å²) in [5.41, 5.74) is 0.267. The van der Waals surface area contributed by atoms with Crippen molar-refractivity contribution in [3.8, 4) is 0 Å². The maximum Gasteiger partial charge on any atom is 0.224 e. The number of amides is 1. The second kappa shape index (κ2) is 4.97. The highest BCUT2D eigenvalue weighted by Gasteiger charge is 2.57. The third kappa shape index (κ3) is 2.65. The molecule has 3 nitrogen and oxygen atoms in total. The van der Waals surface area contributed by atoms with Gasteiger partial charge in [-0.15, -0.1) is 0 Å². The Morgan fingerprint density at radius 1 is 1.27 bits per heavy atom. The van der Waals surface area contributed by atoms with Crippen LogP contribution in [0.15, 0.2) is 24.3 Å². The van der Waals surface area contributed by atoms with Crippen LogP contribution in [0, 0.1) is 17.3 Å². The van der Waals surface area contributed by atoms with Crippen LogP contribution in [0.1, 0.15) is 44.9 Å². The van der Waals surface area contributed by atoms with Crippen LogP contribution < -0.4 is 5.32 Å². The van der Waals surface area contributed by atoms with Gasteiger partial charge in [-0.05, 0) is 74.0 Å². The lowest BCUT2D eigenvalue weighted by Gasteiger charge is -2.60. The largest absolute Gasteiger partial charge is 0.390 e. The number of benzene rings is 1. The molecule has 4 aliphatic rings. The van der Waals surface area contributed by atoms with Crippen LogP contribution in [-0.2, 0) is 4.79 Å². The van der Waals surface area contributed by atoms with Gasteiger partial charge < -0.3 is 10.4 Å². The summed E-state index contributed by atoms with van der Waals surface area (Å²) in [5, 5.41) is 14.3. The van der Waals surface area contributed by atoms with Crippen molar-refractivity contribution < 1.29 is 9.90 Å². The zero-order valence-corrected chi connectivity index (χ0v) is 13.4. The van der Waals surface area contributed by atoms with E-state index in [0.29, 0.717) is 23.3 Å². The molecule has 0 saturated heterocycles. The van der Waals surface area contributed by atoms with Gasteiger partial charge in [-0.3, -0.25) is 4.79 Å². The predicted octanol–water partition coefficient (Wildman–Crippen LogP) is 4.00. The number of carbonyl (C=O) groups excluding carboxylic acids is 1. The minimum atomic E-state index is -0.500. The smallest absolute Gasteiger partial charge is 0.224 e. The lowest BCUT2D eigenvalue weighted by molar-refractivity contribution is -0.167. The van der Waals surface area contributed by atoms with E-state index in [9.17, 15) is 9.90 Å². The van der Waals surface area contributed by atoms with Crippen molar-refractivity contribution in [2.75, 3.05) is 5.32 Å². The lowest BCUT2D eigenvalue weighted by Crippen LogP contribution is -2.56. The fourth-order valence-electron chi connectivity index (χ4n) is 5.72. The highest BCUT2D eigenvalue weighted by molar-refractivity contribution is 6.30.